The number of alkyl halides is 2. The Labute approximate surface area is 137 Å². The van der Waals surface area contributed by atoms with Crippen LogP contribution in [0.3, 0.4) is 0 Å². The number of aromatic amines is 1. The molecule has 1 atom stereocenters. The summed E-state index contributed by atoms with van der Waals surface area (Å²) >= 11 is 0. The highest BCUT2D eigenvalue weighted by atomic mass is 19.3. The second kappa shape index (κ2) is 4.96. The van der Waals surface area contributed by atoms with Gasteiger partial charge >= 0.3 is 0 Å². The fourth-order valence-electron chi connectivity index (χ4n) is 2.73. The van der Waals surface area contributed by atoms with Crippen molar-refractivity contribution in [1.29, 1.82) is 0 Å². The van der Waals surface area contributed by atoms with Crippen molar-refractivity contribution in [3.63, 3.8) is 0 Å². The van der Waals surface area contributed by atoms with Crippen molar-refractivity contribution in [1.82, 2.24) is 20.3 Å². The van der Waals surface area contributed by atoms with Crippen LogP contribution in [0.5, 0.6) is 0 Å². The van der Waals surface area contributed by atoms with E-state index in [-0.39, 0.29) is 24.6 Å². The summed E-state index contributed by atoms with van der Waals surface area (Å²) in [5, 5.41) is 10.9. The molecule has 24 heavy (non-hydrogen) atoms. The fraction of sp³-hybridized carbons (Fsp3) is 0.353. The monoisotopic (exact) mass is 330 g/mol. The topological polar surface area (TPSA) is 67.6 Å². The van der Waals surface area contributed by atoms with Gasteiger partial charge in [0.15, 0.2) is 5.82 Å². The van der Waals surface area contributed by atoms with E-state index >= 15 is 0 Å². The number of hydrogen-bond donors (Lipinski definition) is 1. The Hall–Kier alpha value is -2.57. The van der Waals surface area contributed by atoms with Crippen molar-refractivity contribution >= 4 is 0 Å². The lowest BCUT2D eigenvalue weighted by Crippen LogP contribution is -2.10. The summed E-state index contributed by atoms with van der Waals surface area (Å²) in [4.78, 5) is 4.21. The number of nitrogens with one attached hydrogen (secondary N) is 1. The Morgan fingerprint density at radius 2 is 1.96 bits per heavy atom. The summed E-state index contributed by atoms with van der Waals surface area (Å²) in [5.74, 6) is -2.10. The molecule has 124 valence electrons. The first-order chi connectivity index (χ1) is 11.4. The van der Waals surface area contributed by atoms with Crippen LogP contribution in [0, 0.1) is 12.3 Å². The Morgan fingerprint density at radius 1 is 1.25 bits per heavy atom. The SMILES string of the molecule is Cc1ccc(-c2cc(-c3nc(CC4(C)CC4(F)F)no3)[nH]n2)cc1. The van der Waals surface area contributed by atoms with Gasteiger partial charge in [0.1, 0.15) is 5.69 Å². The van der Waals surface area contributed by atoms with E-state index in [0.29, 0.717) is 5.69 Å². The summed E-state index contributed by atoms with van der Waals surface area (Å²) in [6.07, 6.45) is -0.0338. The Kier molecular flexibility index (Phi) is 3.10. The predicted molar refractivity (Wildman–Crippen MR) is 83.4 cm³/mol. The lowest BCUT2D eigenvalue weighted by atomic mass is 10.0. The molecule has 1 N–H and O–H groups in total. The molecule has 0 saturated heterocycles. The van der Waals surface area contributed by atoms with E-state index in [1.165, 1.54) is 12.5 Å². The molecule has 7 heteroatoms. The van der Waals surface area contributed by atoms with Crippen LogP contribution in [0.4, 0.5) is 8.78 Å². The zero-order valence-electron chi connectivity index (χ0n) is 13.3. The molecule has 1 unspecified atom stereocenters. The van der Waals surface area contributed by atoms with Gasteiger partial charge in [0.2, 0.25) is 0 Å². The van der Waals surface area contributed by atoms with E-state index in [0.717, 1.165) is 11.3 Å². The number of aromatic nitrogens is 4. The minimum absolute atomic E-state index is 0.0997. The molecule has 1 aliphatic rings. The van der Waals surface area contributed by atoms with Crippen molar-refractivity contribution < 1.29 is 13.3 Å². The minimum atomic E-state index is -2.64. The molecular weight excluding hydrogens is 314 g/mol. The Balaban J connectivity index is 1.54. The van der Waals surface area contributed by atoms with Gasteiger partial charge in [0.05, 0.1) is 5.69 Å². The molecule has 4 rings (SSSR count). The lowest BCUT2D eigenvalue weighted by Gasteiger charge is -2.04. The molecule has 0 spiro atoms. The summed E-state index contributed by atoms with van der Waals surface area (Å²) in [6, 6.07) is 9.76. The lowest BCUT2D eigenvalue weighted by molar-refractivity contribution is 0.0692. The predicted octanol–water partition coefficient (Wildman–Crippen LogP) is 4.02. The van der Waals surface area contributed by atoms with Gasteiger partial charge in [-0.2, -0.15) is 10.1 Å². The molecule has 1 saturated carbocycles. The van der Waals surface area contributed by atoms with Crippen LogP contribution in [0.15, 0.2) is 34.9 Å². The van der Waals surface area contributed by atoms with E-state index in [4.69, 9.17) is 4.52 Å². The van der Waals surface area contributed by atoms with Crippen molar-refractivity contribution in [3.8, 4) is 22.8 Å². The van der Waals surface area contributed by atoms with Crippen LogP contribution < -0.4 is 0 Å². The highest BCUT2D eigenvalue weighted by Gasteiger charge is 2.67. The van der Waals surface area contributed by atoms with Crippen molar-refractivity contribution in [3.05, 3.63) is 41.7 Å². The number of H-pyrrole nitrogens is 1. The third kappa shape index (κ3) is 2.50. The molecule has 0 bridgehead atoms. The van der Waals surface area contributed by atoms with Gasteiger partial charge in [0, 0.05) is 23.8 Å². The average molecular weight is 330 g/mol. The van der Waals surface area contributed by atoms with Gasteiger partial charge in [-0.25, -0.2) is 8.78 Å². The number of benzene rings is 1. The maximum absolute atomic E-state index is 13.3. The number of aryl methyl sites for hydroxylation is 1. The average Bonchev–Trinajstić information content (AvgIpc) is 2.99. The van der Waals surface area contributed by atoms with Crippen molar-refractivity contribution in [2.24, 2.45) is 5.41 Å². The molecule has 5 nitrogen and oxygen atoms in total. The Bertz CT molecular complexity index is 884. The molecule has 2 heterocycles. The molecule has 1 fully saturated rings. The smallest absolute Gasteiger partial charge is 0.275 e. The first-order valence-corrected chi connectivity index (χ1v) is 7.70. The minimum Gasteiger partial charge on any atom is -0.332 e. The molecule has 0 aliphatic heterocycles. The highest BCUT2D eigenvalue weighted by Crippen LogP contribution is 2.61. The van der Waals surface area contributed by atoms with Crippen LogP contribution >= 0.6 is 0 Å². The summed E-state index contributed by atoms with van der Waals surface area (Å²) < 4.78 is 31.8. The fourth-order valence-corrected chi connectivity index (χ4v) is 2.73. The van der Waals surface area contributed by atoms with E-state index < -0.39 is 11.3 Å². The van der Waals surface area contributed by atoms with Gasteiger partial charge < -0.3 is 4.52 Å². The number of rotatable bonds is 4. The summed E-state index contributed by atoms with van der Waals surface area (Å²) in [5.41, 5.74) is 2.40. The van der Waals surface area contributed by atoms with E-state index in [9.17, 15) is 8.78 Å². The molecule has 3 aromatic rings. The molecule has 2 aromatic heterocycles. The second-order valence-electron chi connectivity index (χ2n) is 6.67. The quantitative estimate of drug-likeness (QED) is 0.784. The van der Waals surface area contributed by atoms with Gasteiger partial charge in [0.25, 0.3) is 11.8 Å². The van der Waals surface area contributed by atoms with Crippen LogP contribution in [0.2, 0.25) is 0 Å². The highest BCUT2D eigenvalue weighted by molar-refractivity contribution is 5.64. The number of halogens is 2. The zero-order valence-corrected chi connectivity index (χ0v) is 13.3. The molecule has 1 aromatic carbocycles. The second-order valence-corrected chi connectivity index (χ2v) is 6.67. The summed E-state index contributed by atoms with van der Waals surface area (Å²) in [7, 11) is 0. The molecule has 0 amide bonds. The first kappa shape index (κ1) is 15.0. The third-order valence-electron chi connectivity index (χ3n) is 4.54. The molecular formula is C17H16F2N4O. The van der Waals surface area contributed by atoms with Crippen LogP contribution in [0.25, 0.3) is 22.8 Å². The van der Waals surface area contributed by atoms with Crippen LogP contribution in [-0.4, -0.2) is 26.3 Å². The maximum Gasteiger partial charge on any atom is 0.275 e. The molecule has 1 aliphatic carbocycles. The van der Waals surface area contributed by atoms with Gasteiger partial charge in [-0.15, -0.1) is 0 Å². The van der Waals surface area contributed by atoms with Crippen molar-refractivity contribution in [2.45, 2.75) is 32.6 Å². The number of nitrogens with zero attached hydrogens (tertiary/aromatic N) is 3. The first-order valence-electron chi connectivity index (χ1n) is 7.70. The van der Waals surface area contributed by atoms with Crippen LogP contribution in [0.1, 0.15) is 24.7 Å². The van der Waals surface area contributed by atoms with Crippen LogP contribution in [-0.2, 0) is 6.42 Å². The third-order valence-corrected chi connectivity index (χ3v) is 4.54. The van der Waals surface area contributed by atoms with Gasteiger partial charge in [-0.3, -0.25) is 5.10 Å². The molecule has 0 radical (unpaired) electrons. The maximum atomic E-state index is 13.3. The summed E-state index contributed by atoms with van der Waals surface area (Å²) in [6.45, 7) is 3.55. The normalized spacial score (nSPS) is 21.8. The van der Waals surface area contributed by atoms with E-state index in [1.807, 2.05) is 31.2 Å². The van der Waals surface area contributed by atoms with Crippen molar-refractivity contribution in [2.75, 3.05) is 0 Å². The zero-order chi connectivity index (χ0) is 16.9. The van der Waals surface area contributed by atoms with Gasteiger partial charge in [-0.05, 0) is 13.0 Å². The Morgan fingerprint density at radius 3 is 2.62 bits per heavy atom. The van der Waals surface area contributed by atoms with Gasteiger partial charge in [-0.1, -0.05) is 41.9 Å². The number of hydrogen-bond acceptors (Lipinski definition) is 4. The standard InChI is InChI=1S/C17H16F2N4O/c1-10-3-5-11(6-4-10)12-7-13(22-21-12)15-20-14(23-24-15)8-16(2)9-17(16,18)19/h3-7H,8-9H2,1-2H3,(H,21,22). The largest absolute Gasteiger partial charge is 0.332 e. The van der Waals surface area contributed by atoms with E-state index in [1.54, 1.807) is 6.07 Å². The van der Waals surface area contributed by atoms with E-state index in [2.05, 4.69) is 20.3 Å².